The van der Waals surface area contributed by atoms with Gasteiger partial charge >= 0.3 is 5.97 Å². The van der Waals surface area contributed by atoms with Crippen LogP contribution in [0.15, 0.2) is 36.4 Å². The Morgan fingerprint density at radius 1 is 1.26 bits per heavy atom. The maximum Gasteiger partial charge on any atom is 0.335 e. The largest absolute Gasteiger partial charge is 0.478 e. The lowest BCUT2D eigenvalue weighted by atomic mass is 10.2. The molecule has 98 valence electrons. The molecule has 1 aromatic carbocycles. The number of carboxylic acid groups (broad SMARTS) is 1. The van der Waals surface area contributed by atoms with Crippen LogP contribution in [0.5, 0.6) is 0 Å². The summed E-state index contributed by atoms with van der Waals surface area (Å²) in [6.45, 7) is 2.00. The van der Waals surface area contributed by atoms with Crippen molar-refractivity contribution < 1.29 is 9.90 Å². The number of aromatic carboxylic acids is 1. The second kappa shape index (κ2) is 5.28. The highest BCUT2D eigenvalue weighted by Gasteiger charge is 2.11. The van der Waals surface area contributed by atoms with Gasteiger partial charge in [0.05, 0.1) is 5.56 Å². The van der Waals surface area contributed by atoms with Gasteiger partial charge in [-0.2, -0.15) is 0 Å². The predicted octanol–water partition coefficient (Wildman–Crippen LogP) is 3.51. The first-order valence-electron chi connectivity index (χ1n) is 5.68. The average molecular weight is 277 g/mol. The molecule has 0 fully saturated rings. The van der Waals surface area contributed by atoms with Crippen LogP contribution in [-0.2, 0) is 0 Å². The molecule has 2 rings (SSSR count). The molecule has 0 unspecified atom stereocenters. The molecule has 0 amide bonds. The molecule has 1 N–H and O–H groups in total. The Morgan fingerprint density at radius 3 is 2.47 bits per heavy atom. The van der Waals surface area contributed by atoms with Crippen molar-refractivity contribution in [3.63, 3.8) is 0 Å². The lowest BCUT2D eigenvalue weighted by Crippen LogP contribution is -2.12. The zero-order valence-electron chi connectivity index (χ0n) is 10.6. The molecule has 0 bridgehead atoms. The van der Waals surface area contributed by atoms with Crippen molar-refractivity contribution in [1.82, 2.24) is 4.98 Å². The van der Waals surface area contributed by atoms with Crippen molar-refractivity contribution >= 4 is 29.1 Å². The van der Waals surface area contributed by atoms with Crippen molar-refractivity contribution in [3.8, 4) is 0 Å². The number of nitrogens with zero attached hydrogens (tertiary/aromatic N) is 2. The second-order valence-corrected chi connectivity index (χ2v) is 4.62. The molecular weight excluding hydrogens is 264 g/mol. The number of hydrogen-bond acceptors (Lipinski definition) is 3. The average Bonchev–Trinajstić information content (AvgIpc) is 2.38. The SMILES string of the molecule is Cc1ccc(N(C)c2cc(C(=O)O)cc(Cl)n2)cc1. The zero-order valence-corrected chi connectivity index (χ0v) is 11.3. The van der Waals surface area contributed by atoms with Crippen molar-refractivity contribution in [2.24, 2.45) is 0 Å². The Morgan fingerprint density at radius 2 is 1.89 bits per heavy atom. The quantitative estimate of drug-likeness (QED) is 0.872. The molecule has 1 aromatic heterocycles. The van der Waals surface area contributed by atoms with E-state index in [4.69, 9.17) is 16.7 Å². The van der Waals surface area contributed by atoms with Crippen LogP contribution in [0, 0.1) is 6.92 Å². The highest BCUT2D eigenvalue weighted by atomic mass is 35.5. The Labute approximate surface area is 116 Å². The third kappa shape index (κ3) is 3.03. The molecule has 0 aliphatic rings. The standard InChI is InChI=1S/C14H13ClN2O2/c1-9-3-5-11(6-4-9)17(2)13-8-10(14(18)19)7-12(15)16-13/h3-8H,1-2H3,(H,18,19). The summed E-state index contributed by atoms with van der Waals surface area (Å²) >= 11 is 5.85. The number of benzene rings is 1. The molecule has 0 saturated heterocycles. The molecule has 0 aliphatic carbocycles. The molecule has 0 saturated carbocycles. The van der Waals surface area contributed by atoms with Gasteiger partial charge in [0.25, 0.3) is 0 Å². The van der Waals surface area contributed by atoms with Crippen molar-refractivity contribution in [1.29, 1.82) is 0 Å². The Kier molecular flexibility index (Phi) is 3.71. The lowest BCUT2D eigenvalue weighted by molar-refractivity contribution is 0.0697. The van der Waals surface area contributed by atoms with E-state index in [1.54, 1.807) is 4.90 Å². The Balaban J connectivity index is 2.40. The Bertz CT molecular complexity index is 611. The normalized spacial score (nSPS) is 10.3. The van der Waals surface area contributed by atoms with E-state index in [2.05, 4.69) is 4.98 Å². The number of rotatable bonds is 3. The fourth-order valence-electron chi connectivity index (χ4n) is 1.68. The summed E-state index contributed by atoms with van der Waals surface area (Å²) in [6, 6.07) is 10.7. The molecule has 0 aliphatic heterocycles. The smallest absolute Gasteiger partial charge is 0.335 e. The van der Waals surface area contributed by atoms with Gasteiger partial charge < -0.3 is 10.0 Å². The predicted molar refractivity (Wildman–Crippen MR) is 75.4 cm³/mol. The van der Waals surface area contributed by atoms with E-state index in [-0.39, 0.29) is 10.7 Å². The molecule has 0 spiro atoms. The molecule has 1 heterocycles. The van der Waals surface area contributed by atoms with Crippen LogP contribution in [0.3, 0.4) is 0 Å². The first-order chi connectivity index (χ1) is 8.97. The summed E-state index contributed by atoms with van der Waals surface area (Å²) in [6.07, 6.45) is 0. The summed E-state index contributed by atoms with van der Waals surface area (Å²) < 4.78 is 0. The van der Waals surface area contributed by atoms with Gasteiger partial charge in [-0.25, -0.2) is 9.78 Å². The number of aromatic nitrogens is 1. The van der Waals surface area contributed by atoms with Gasteiger partial charge in [-0.1, -0.05) is 29.3 Å². The van der Waals surface area contributed by atoms with E-state index in [0.717, 1.165) is 11.3 Å². The number of aryl methyl sites for hydroxylation is 1. The van der Waals surface area contributed by atoms with E-state index < -0.39 is 5.97 Å². The first-order valence-corrected chi connectivity index (χ1v) is 6.06. The van der Waals surface area contributed by atoms with Gasteiger partial charge in [0.1, 0.15) is 11.0 Å². The van der Waals surface area contributed by atoms with Crippen LogP contribution in [0.4, 0.5) is 11.5 Å². The zero-order chi connectivity index (χ0) is 14.0. The molecule has 5 heteroatoms. The molecule has 19 heavy (non-hydrogen) atoms. The first kappa shape index (κ1) is 13.4. The molecule has 0 atom stereocenters. The van der Waals surface area contributed by atoms with Gasteiger partial charge in [-0.3, -0.25) is 0 Å². The van der Waals surface area contributed by atoms with Crippen LogP contribution in [-0.4, -0.2) is 23.1 Å². The van der Waals surface area contributed by atoms with E-state index in [1.807, 2.05) is 38.2 Å². The molecular formula is C14H13ClN2O2. The van der Waals surface area contributed by atoms with Gasteiger partial charge in [-0.15, -0.1) is 0 Å². The minimum Gasteiger partial charge on any atom is -0.478 e. The fourth-order valence-corrected chi connectivity index (χ4v) is 1.88. The lowest BCUT2D eigenvalue weighted by Gasteiger charge is -2.19. The Hall–Kier alpha value is -2.07. The summed E-state index contributed by atoms with van der Waals surface area (Å²) in [4.78, 5) is 16.9. The fraction of sp³-hybridized carbons (Fsp3) is 0.143. The van der Waals surface area contributed by atoms with Crippen LogP contribution in [0.25, 0.3) is 0 Å². The summed E-state index contributed by atoms with van der Waals surface area (Å²) in [5.41, 5.74) is 2.19. The van der Waals surface area contributed by atoms with Crippen molar-refractivity contribution in [2.75, 3.05) is 11.9 Å². The van der Waals surface area contributed by atoms with Gasteiger partial charge in [0.2, 0.25) is 0 Å². The number of pyridine rings is 1. The second-order valence-electron chi connectivity index (χ2n) is 4.24. The van der Waals surface area contributed by atoms with Crippen LogP contribution in [0.1, 0.15) is 15.9 Å². The maximum atomic E-state index is 11.0. The van der Waals surface area contributed by atoms with E-state index in [0.29, 0.717) is 5.82 Å². The maximum absolute atomic E-state index is 11.0. The number of carbonyl (C=O) groups is 1. The third-order valence-electron chi connectivity index (χ3n) is 2.79. The van der Waals surface area contributed by atoms with Crippen LogP contribution >= 0.6 is 11.6 Å². The minimum atomic E-state index is -1.03. The van der Waals surface area contributed by atoms with Crippen LogP contribution < -0.4 is 4.90 Å². The van der Waals surface area contributed by atoms with Gasteiger partial charge in [0.15, 0.2) is 0 Å². The number of halogens is 1. The number of anilines is 2. The van der Waals surface area contributed by atoms with E-state index in [1.165, 1.54) is 12.1 Å². The monoisotopic (exact) mass is 276 g/mol. The minimum absolute atomic E-state index is 0.119. The topological polar surface area (TPSA) is 53.4 Å². The van der Waals surface area contributed by atoms with Gasteiger partial charge in [-0.05, 0) is 31.2 Å². The van der Waals surface area contributed by atoms with Crippen molar-refractivity contribution in [3.05, 3.63) is 52.7 Å². The van der Waals surface area contributed by atoms with Gasteiger partial charge in [0, 0.05) is 12.7 Å². The van der Waals surface area contributed by atoms with E-state index in [9.17, 15) is 4.79 Å². The van der Waals surface area contributed by atoms with Crippen LogP contribution in [0.2, 0.25) is 5.15 Å². The highest BCUT2D eigenvalue weighted by molar-refractivity contribution is 6.29. The number of hydrogen-bond donors (Lipinski definition) is 1. The summed E-state index contributed by atoms with van der Waals surface area (Å²) in [5.74, 6) is -0.531. The number of carboxylic acids is 1. The molecule has 4 nitrogen and oxygen atoms in total. The molecule has 2 aromatic rings. The summed E-state index contributed by atoms with van der Waals surface area (Å²) in [5, 5.41) is 9.18. The summed E-state index contributed by atoms with van der Waals surface area (Å²) in [7, 11) is 1.81. The van der Waals surface area contributed by atoms with Crippen molar-refractivity contribution in [2.45, 2.75) is 6.92 Å². The van der Waals surface area contributed by atoms with E-state index >= 15 is 0 Å². The third-order valence-corrected chi connectivity index (χ3v) is 2.99. The molecule has 0 radical (unpaired) electrons. The highest BCUT2D eigenvalue weighted by Crippen LogP contribution is 2.24.